The van der Waals surface area contributed by atoms with Crippen molar-refractivity contribution in [1.29, 1.82) is 0 Å². The molecule has 1 aromatic rings. The fraction of sp³-hybridized carbons (Fsp3) is 0.500. The Balaban J connectivity index is 2.02. The standard InChI is InChI=1S/C12H17N2O/c1-13-7-3-2-6-11(13)10-12(15)14-8-4-5-9-14/h2-3,6-7H,4-5,8-10H2,1H3/q+1. The van der Waals surface area contributed by atoms with Gasteiger partial charge in [-0.05, 0) is 12.8 Å². The zero-order valence-corrected chi connectivity index (χ0v) is 9.15. The van der Waals surface area contributed by atoms with Gasteiger partial charge in [0.1, 0.15) is 13.5 Å². The lowest BCUT2D eigenvalue weighted by Gasteiger charge is -2.13. The molecule has 1 amide bonds. The highest BCUT2D eigenvalue weighted by molar-refractivity contribution is 5.78. The van der Waals surface area contributed by atoms with Gasteiger partial charge in [0.15, 0.2) is 11.9 Å². The molecule has 1 aromatic heterocycles. The van der Waals surface area contributed by atoms with Gasteiger partial charge in [0, 0.05) is 25.2 Å². The van der Waals surface area contributed by atoms with Crippen molar-refractivity contribution in [3.05, 3.63) is 30.1 Å². The van der Waals surface area contributed by atoms with E-state index in [1.54, 1.807) is 0 Å². The van der Waals surface area contributed by atoms with Gasteiger partial charge >= 0.3 is 0 Å². The Morgan fingerprint density at radius 1 is 1.40 bits per heavy atom. The van der Waals surface area contributed by atoms with Crippen molar-refractivity contribution < 1.29 is 9.36 Å². The molecule has 2 heterocycles. The second kappa shape index (κ2) is 4.43. The normalized spacial score (nSPS) is 15.7. The monoisotopic (exact) mass is 205 g/mol. The molecule has 0 aliphatic carbocycles. The Kier molecular flexibility index (Phi) is 2.99. The summed E-state index contributed by atoms with van der Waals surface area (Å²) in [7, 11) is 1.98. The highest BCUT2D eigenvalue weighted by Gasteiger charge is 2.20. The van der Waals surface area contributed by atoms with E-state index in [2.05, 4.69) is 0 Å². The number of carbonyl (C=O) groups is 1. The Hall–Kier alpha value is -1.38. The lowest BCUT2D eigenvalue weighted by atomic mass is 10.2. The molecule has 3 nitrogen and oxygen atoms in total. The third-order valence-electron chi connectivity index (χ3n) is 2.95. The van der Waals surface area contributed by atoms with E-state index in [1.165, 1.54) is 0 Å². The summed E-state index contributed by atoms with van der Waals surface area (Å²) in [5.74, 6) is 0.259. The molecule has 2 rings (SSSR count). The van der Waals surface area contributed by atoms with E-state index in [4.69, 9.17) is 0 Å². The third kappa shape index (κ3) is 2.35. The number of carbonyl (C=O) groups excluding carboxylic acids is 1. The van der Waals surface area contributed by atoms with E-state index in [-0.39, 0.29) is 5.91 Å². The summed E-state index contributed by atoms with van der Waals surface area (Å²) in [5.41, 5.74) is 1.08. The number of amides is 1. The molecule has 1 fully saturated rings. The predicted octanol–water partition coefficient (Wildman–Crippen LogP) is 0.676. The number of aromatic nitrogens is 1. The summed E-state index contributed by atoms with van der Waals surface area (Å²) < 4.78 is 2.01. The van der Waals surface area contributed by atoms with Gasteiger partial charge < -0.3 is 4.90 Å². The number of pyridine rings is 1. The van der Waals surface area contributed by atoms with Crippen molar-refractivity contribution in [2.24, 2.45) is 7.05 Å². The summed E-state index contributed by atoms with van der Waals surface area (Å²) in [6.07, 6.45) is 4.82. The van der Waals surface area contributed by atoms with Crippen molar-refractivity contribution in [3.8, 4) is 0 Å². The smallest absolute Gasteiger partial charge is 0.233 e. The molecule has 0 atom stereocenters. The minimum absolute atomic E-state index is 0.259. The van der Waals surface area contributed by atoms with Crippen LogP contribution in [-0.4, -0.2) is 23.9 Å². The van der Waals surface area contributed by atoms with Crippen LogP contribution in [0.3, 0.4) is 0 Å². The number of nitrogens with zero attached hydrogens (tertiary/aromatic N) is 2. The van der Waals surface area contributed by atoms with Gasteiger partial charge in [-0.3, -0.25) is 4.79 Å². The molecule has 1 aliphatic heterocycles. The lowest BCUT2D eigenvalue weighted by molar-refractivity contribution is -0.678. The maximum atomic E-state index is 11.9. The fourth-order valence-electron chi connectivity index (χ4n) is 1.98. The van der Waals surface area contributed by atoms with Crippen LogP contribution in [0.15, 0.2) is 24.4 Å². The molecular weight excluding hydrogens is 188 g/mol. The number of likely N-dealkylation sites (tertiary alicyclic amines) is 1. The zero-order valence-electron chi connectivity index (χ0n) is 9.15. The van der Waals surface area contributed by atoms with Gasteiger partial charge in [-0.25, -0.2) is 4.57 Å². The minimum atomic E-state index is 0.259. The first-order chi connectivity index (χ1) is 7.27. The molecule has 1 aliphatic rings. The van der Waals surface area contributed by atoms with Crippen molar-refractivity contribution in [1.82, 2.24) is 4.90 Å². The summed E-state index contributed by atoms with van der Waals surface area (Å²) in [6, 6.07) is 5.96. The maximum Gasteiger partial charge on any atom is 0.233 e. The van der Waals surface area contributed by atoms with E-state index in [0.29, 0.717) is 6.42 Å². The Morgan fingerprint density at radius 2 is 2.13 bits per heavy atom. The lowest BCUT2D eigenvalue weighted by Crippen LogP contribution is -2.37. The van der Waals surface area contributed by atoms with Crippen LogP contribution in [0, 0.1) is 0 Å². The summed E-state index contributed by atoms with van der Waals surface area (Å²) in [5, 5.41) is 0. The van der Waals surface area contributed by atoms with Gasteiger partial charge in [-0.15, -0.1) is 0 Å². The molecule has 0 N–H and O–H groups in total. The molecule has 0 bridgehead atoms. The summed E-state index contributed by atoms with van der Waals surface area (Å²) in [4.78, 5) is 13.8. The SMILES string of the molecule is C[n+]1ccccc1CC(=O)N1CCCC1. The first-order valence-electron chi connectivity index (χ1n) is 5.48. The first kappa shape index (κ1) is 10.1. The van der Waals surface area contributed by atoms with Crippen LogP contribution in [0.2, 0.25) is 0 Å². The molecule has 0 aromatic carbocycles. The van der Waals surface area contributed by atoms with Gasteiger partial charge in [0.25, 0.3) is 0 Å². The molecule has 0 radical (unpaired) electrons. The quantitative estimate of drug-likeness (QED) is 0.651. The van der Waals surface area contributed by atoms with Crippen molar-refractivity contribution in [2.45, 2.75) is 19.3 Å². The Labute approximate surface area is 90.3 Å². The van der Waals surface area contributed by atoms with E-state index >= 15 is 0 Å². The number of hydrogen-bond donors (Lipinski definition) is 0. The van der Waals surface area contributed by atoms with Crippen LogP contribution < -0.4 is 4.57 Å². The van der Waals surface area contributed by atoms with Crippen LogP contribution >= 0.6 is 0 Å². The largest absolute Gasteiger partial charge is 0.342 e. The topological polar surface area (TPSA) is 24.2 Å². The summed E-state index contributed by atoms with van der Waals surface area (Å²) >= 11 is 0. The molecule has 15 heavy (non-hydrogen) atoms. The average Bonchev–Trinajstić information content (AvgIpc) is 2.74. The highest BCUT2D eigenvalue weighted by atomic mass is 16.2. The van der Waals surface area contributed by atoms with Gasteiger partial charge in [0.05, 0.1) is 0 Å². The Morgan fingerprint density at radius 3 is 2.80 bits per heavy atom. The predicted molar refractivity (Wildman–Crippen MR) is 57.1 cm³/mol. The fourth-order valence-corrected chi connectivity index (χ4v) is 1.98. The minimum Gasteiger partial charge on any atom is -0.342 e. The van der Waals surface area contributed by atoms with Gasteiger partial charge in [-0.2, -0.15) is 0 Å². The molecule has 1 saturated heterocycles. The number of rotatable bonds is 2. The maximum absolute atomic E-state index is 11.9. The highest BCUT2D eigenvalue weighted by Crippen LogP contribution is 2.09. The second-order valence-corrected chi connectivity index (χ2v) is 4.07. The van der Waals surface area contributed by atoms with Crippen LogP contribution in [-0.2, 0) is 18.3 Å². The van der Waals surface area contributed by atoms with Gasteiger partial charge in [0.2, 0.25) is 5.91 Å². The number of aryl methyl sites for hydroxylation is 1. The van der Waals surface area contributed by atoms with E-state index in [1.807, 2.05) is 40.9 Å². The zero-order chi connectivity index (χ0) is 10.7. The van der Waals surface area contributed by atoms with Crippen molar-refractivity contribution in [2.75, 3.05) is 13.1 Å². The van der Waals surface area contributed by atoms with E-state index in [9.17, 15) is 4.79 Å². The number of hydrogen-bond acceptors (Lipinski definition) is 1. The molecule has 3 heteroatoms. The van der Waals surface area contributed by atoms with E-state index in [0.717, 1.165) is 31.6 Å². The van der Waals surface area contributed by atoms with E-state index < -0.39 is 0 Å². The molecule has 0 spiro atoms. The molecule has 80 valence electrons. The van der Waals surface area contributed by atoms with Crippen LogP contribution in [0.5, 0.6) is 0 Å². The van der Waals surface area contributed by atoms with Crippen LogP contribution in [0.1, 0.15) is 18.5 Å². The van der Waals surface area contributed by atoms with Crippen LogP contribution in [0.4, 0.5) is 0 Å². The molecular formula is C12H17N2O+. The van der Waals surface area contributed by atoms with Crippen LogP contribution in [0.25, 0.3) is 0 Å². The first-order valence-corrected chi connectivity index (χ1v) is 5.48. The summed E-state index contributed by atoms with van der Waals surface area (Å²) in [6.45, 7) is 1.88. The third-order valence-corrected chi connectivity index (χ3v) is 2.95. The molecule has 0 unspecified atom stereocenters. The second-order valence-electron chi connectivity index (χ2n) is 4.07. The average molecular weight is 205 g/mol. The Bertz CT molecular complexity index is 356. The molecule has 0 saturated carbocycles. The van der Waals surface area contributed by atoms with Crippen molar-refractivity contribution >= 4 is 5.91 Å². The van der Waals surface area contributed by atoms with Crippen molar-refractivity contribution in [3.63, 3.8) is 0 Å². The van der Waals surface area contributed by atoms with Gasteiger partial charge in [-0.1, -0.05) is 6.07 Å².